The molecule has 5 aromatic carbocycles. The Labute approximate surface area is 289 Å². The van der Waals surface area contributed by atoms with E-state index in [2.05, 4.69) is 0 Å². The molecule has 254 valence electrons. The maximum absolute atomic E-state index is 10.1. The summed E-state index contributed by atoms with van der Waals surface area (Å²) in [5, 5.41) is 10.1. The van der Waals surface area contributed by atoms with E-state index in [4.69, 9.17) is 28.4 Å². The van der Waals surface area contributed by atoms with E-state index in [0.29, 0.717) is 32.2 Å². The molecule has 1 aliphatic heterocycles. The highest BCUT2D eigenvalue weighted by atomic mass is 16.7. The monoisotopic (exact) mass is 660 g/mol. The predicted octanol–water partition coefficient (Wildman–Crippen LogP) is 7.82. The summed E-state index contributed by atoms with van der Waals surface area (Å²) in [5.74, 6) is 0.581. The summed E-state index contributed by atoms with van der Waals surface area (Å²) in [7, 11) is 0. The zero-order valence-corrected chi connectivity index (χ0v) is 27.8. The van der Waals surface area contributed by atoms with Crippen molar-refractivity contribution in [2.45, 2.75) is 70.2 Å². The first kappa shape index (κ1) is 34.5. The van der Waals surface area contributed by atoms with Crippen molar-refractivity contribution in [2.75, 3.05) is 6.61 Å². The lowest BCUT2D eigenvalue weighted by Gasteiger charge is -2.45. The molecule has 0 amide bonds. The lowest BCUT2D eigenvalue weighted by Crippen LogP contribution is -2.62. The fourth-order valence-corrected chi connectivity index (χ4v) is 5.80. The van der Waals surface area contributed by atoms with Crippen molar-refractivity contribution in [3.05, 3.63) is 173 Å². The van der Waals surface area contributed by atoms with E-state index < -0.39 is 36.8 Å². The smallest absolute Gasteiger partial charge is 0.229 e. The van der Waals surface area contributed by atoms with Gasteiger partial charge in [-0.1, -0.05) is 133 Å². The van der Waals surface area contributed by atoms with Crippen LogP contribution in [0.15, 0.2) is 146 Å². The van der Waals surface area contributed by atoms with Crippen molar-refractivity contribution < 1.29 is 33.5 Å². The first-order valence-corrected chi connectivity index (χ1v) is 16.8. The number of ether oxygens (including phenoxy) is 6. The Hall–Kier alpha value is -4.34. The molecule has 0 saturated carbocycles. The van der Waals surface area contributed by atoms with Gasteiger partial charge >= 0.3 is 0 Å². The molecule has 6 rings (SSSR count). The van der Waals surface area contributed by atoms with E-state index >= 15 is 0 Å². The zero-order valence-electron chi connectivity index (χ0n) is 27.8. The minimum atomic E-state index is -0.858. The van der Waals surface area contributed by atoms with Gasteiger partial charge in [-0.3, -0.25) is 0 Å². The molecule has 1 saturated heterocycles. The molecule has 7 heteroatoms. The van der Waals surface area contributed by atoms with E-state index in [1.54, 1.807) is 6.92 Å². The number of benzene rings is 5. The van der Waals surface area contributed by atoms with Crippen molar-refractivity contribution in [1.82, 2.24) is 0 Å². The van der Waals surface area contributed by atoms with Crippen molar-refractivity contribution >= 4 is 0 Å². The van der Waals surface area contributed by atoms with Crippen LogP contribution in [0, 0.1) is 0 Å². The molecule has 1 heterocycles. The summed E-state index contributed by atoms with van der Waals surface area (Å²) in [5.41, 5.74) is 4.93. The fraction of sp³-hybridized carbons (Fsp3) is 0.286. The first-order valence-electron chi connectivity index (χ1n) is 16.8. The van der Waals surface area contributed by atoms with E-state index in [-0.39, 0.29) is 6.61 Å². The third-order valence-electron chi connectivity index (χ3n) is 8.46. The minimum absolute atomic E-state index is 0.242. The van der Waals surface area contributed by atoms with Crippen LogP contribution >= 0.6 is 0 Å². The maximum atomic E-state index is 10.1. The number of rotatable bonds is 16. The van der Waals surface area contributed by atoms with Gasteiger partial charge in [0.05, 0.1) is 39.1 Å². The highest BCUT2D eigenvalue weighted by Gasteiger charge is 2.49. The van der Waals surface area contributed by atoms with Gasteiger partial charge in [-0.05, 0) is 46.9 Å². The topological polar surface area (TPSA) is 75.6 Å². The summed E-state index contributed by atoms with van der Waals surface area (Å²) >= 11 is 0. The van der Waals surface area contributed by atoms with E-state index in [1.807, 2.05) is 146 Å². The lowest BCUT2D eigenvalue weighted by molar-refractivity contribution is -0.310. The molecule has 1 N–H and O–H groups in total. The Kier molecular flexibility index (Phi) is 12.6. The SMILES string of the molecule is CC(O)c1ccc(O[C@@H]2O[C@H](COCc3ccccc3)[C@@H](OCc3ccccc3)[C@@H](OCc3ccccc3)[C@H]2OCc2ccccc2)cc1. The fourth-order valence-electron chi connectivity index (χ4n) is 5.80. The van der Waals surface area contributed by atoms with E-state index in [9.17, 15) is 5.11 Å². The molecule has 0 aliphatic carbocycles. The van der Waals surface area contributed by atoms with Gasteiger partial charge < -0.3 is 33.5 Å². The third kappa shape index (κ3) is 10.1. The molecule has 0 spiro atoms. The zero-order chi connectivity index (χ0) is 33.7. The molecule has 1 unspecified atom stereocenters. The average molecular weight is 661 g/mol. The van der Waals surface area contributed by atoms with Crippen LogP contribution in [-0.2, 0) is 50.1 Å². The van der Waals surface area contributed by atoms with Crippen molar-refractivity contribution in [3.63, 3.8) is 0 Å². The standard InChI is InChI=1S/C42H44O7/c1-31(43)36-22-24-37(25-23-36)48-42-41(47-29-35-20-12-5-13-21-35)40(46-28-34-18-10-4-11-19-34)39(45-27-33-16-8-3-9-17-33)38(49-42)30-44-26-32-14-6-2-7-15-32/h2-25,31,38-43H,26-30H2,1H3/t31?,38-,39-,40-,41-,42-/m1/s1. The van der Waals surface area contributed by atoms with Crippen molar-refractivity contribution in [3.8, 4) is 5.75 Å². The van der Waals surface area contributed by atoms with Gasteiger partial charge in [0.1, 0.15) is 30.2 Å². The van der Waals surface area contributed by atoms with Gasteiger partial charge in [0, 0.05) is 0 Å². The molecule has 1 aliphatic rings. The Bertz CT molecular complexity index is 1630. The highest BCUT2D eigenvalue weighted by molar-refractivity contribution is 5.28. The molecule has 7 nitrogen and oxygen atoms in total. The quantitative estimate of drug-likeness (QED) is 0.116. The third-order valence-corrected chi connectivity index (χ3v) is 8.46. The Balaban J connectivity index is 1.32. The van der Waals surface area contributed by atoms with Crippen LogP contribution in [0.5, 0.6) is 5.75 Å². The normalized spacial score (nSPS) is 21.2. The van der Waals surface area contributed by atoms with Crippen LogP contribution in [0.3, 0.4) is 0 Å². The van der Waals surface area contributed by atoms with Gasteiger partial charge in [-0.2, -0.15) is 0 Å². The largest absolute Gasteiger partial charge is 0.462 e. The molecule has 1 fully saturated rings. The summed E-state index contributed by atoms with van der Waals surface area (Å²) < 4.78 is 39.8. The summed E-state index contributed by atoms with van der Waals surface area (Å²) in [4.78, 5) is 0. The average Bonchev–Trinajstić information content (AvgIpc) is 3.15. The highest BCUT2D eigenvalue weighted by Crippen LogP contribution is 2.33. The lowest BCUT2D eigenvalue weighted by atomic mass is 9.97. The number of aliphatic hydroxyl groups excluding tert-OH is 1. The Morgan fingerprint density at radius 3 is 1.43 bits per heavy atom. The molecule has 49 heavy (non-hydrogen) atoms. The minimum Gasteiger partial charge on any atom is -0.462 e. The van der Waals surface area contributed by atoms with Crippen LogP contribution in [0.2, 0.25) is 0 Å². The first-order chi connectivity index (χ1) is 24.1. The van der Waals surface area contributed by atoms with Gasteiger partial charge in [0.15, 0.2) is 0 Å². The Morgan fingerprint density at radius 2 is 0.959 bits per heavy atom. The maximum Gasteiger partial charge on any atom is 0.229 e. The summed E-state index contributed by atoms with van der Waals surface area (Å²) in [6.45, 7) is 3.41. The van der Waals surface area contributed by atoms with Gasteiger partial charge in [0.25, 0.3) is 0 Å². The molecule has 6 atom stereocenters. The van der Waals surface area contributed by atoms with E-state index in [1.165, 1.54) is 0 Å². The van der Waals surface area contributed by atoms with Crippen molar-refractivity contribution in [1.29, 1.82) is 0 Å². The molecule has 0 bridgehead atoms. The summed E-state index contributed by atoms with van der Waals surface area (Å²) in [6.07, 6.45) is -3.82. The van der Waals surface area contributed by atoms with Crippen LogP contribution in [-0.4, -0.2) is 42.4 Å². The van der Waals surface area contributed by atoms with Crippen LogP contribution < -0.4 is 4.74 Å². The second kappa shape index (κ2) is 17.9. The molecule has 0 aromatic heterocycles. The molecule has 0 radical (unpaired) electrons. The Morgan fingerprint density at radius 1 is 0.531 bits per heavy atom. The van der Waals surface area contributed by atoms with Crippen LogP contribution in [0.1, 0.15) is 40.8 Å². The summed E-state index contributed by atoms with van der Waals surface area (Å²) in [6, 6.07) is 47.5. The number of hydrogen-bond acceptors (Lipinski definition) is 7. The van der Waals surface area contributed by atoms with Crippen molar-refractivity contribution in [2.24, 2.45) is 0 Å². The second-order valence-corrected chi connectivity index (χ2v) is 12.2. The molecule has 5 aromatic rings. The van der Waals surface area contributed by atoms with Gasteiger partial charge in [-0.25, -0.2) is 0 Å². The predicted molar refractivity (Wildman–Crippen MR) is 188 cm³/mol. The van der Waals surface area contributed by atoms with Gasteiger partial charge in [0.2, 0.25) is 6.29 Å². The number of hydrogen-bond donors (Lipinski definition) is 1. The number of aliphatic hydroxyl groups is 1. The second-order valence-electron chi connectivity index (χ2n) is 12.2. The van der Waals surface area contributed by atoms with Crippen LogP contribution in [0.25, 0.3) is 0 Å². The van der Waals surface area contributed by atoms with Crippen LogP contribution in [0.4, 0.5) is 0 Å². The molecular formula is C42H44O7. The van der Waals surface area contributed by atoms with E-state index in [0.717, 1.165) is 27.8 Å². The molecular weight excluding hydrogens is 616 g/mol. The van der Waals surface area contributed by atoms with Gasteiger partial charge in [-0.15, -0.1) is 0 Å².